The van der Waals surface area contributed by atoms with Gasteiger partial charge in [0.25, 0.3) is 0 Å². The summed E-state index contributed by atoms with van der Waals surface area (Å²) in [5, 5.41) is 0. The third-order valence-corrected chi connectivity index (χ3v) is 3.89. The second-order valence-corrected chi connectivity index (χ2v) is 4.97. The Morgan fingerprint density at radius 2 is 2.00 bits per heavy atom. The van der Waals surface area contributed by atoms with E-state index in [0.29, 0.717) is 13.0 Å². The van der Waals surface area contributed by atoms with E-state index >= 15 is 0 Å². The molecule has 0 bridgehead atoms. The molecule has 92 valence electrons. The quantitative estimate of drug-likeness (QED) is 0.876. The Hall–Kier alpha value is -1.00. The van der Waals surface area contributed by atoms with Crippen LogP contribution >= 0.6 is 0 Å². The first-order chi connectivity index (χ1) is 8.16. The largest absolute Gasteiger partial charge is 0.372 e. The van der Waals surface area contributed by atoms with Crippen LogP contribution in [0.2, 0.25) is 0 Å². The monoisotopic (exact) mass is 239 g/mol. The molecule has 3 rings (SSSR count). The highest BCUT2D eigenvalue weighted by molar-refractivity contribution is 5.16. The van der Waals surface area contributed by atoms with E-state index in [4.69, 9.17) is 10.5 Å². The van der Waals surface area contributed by atoms with E-state index in [2.05, 4.69) is 0 Å². The van der Waals surface area contributed by atoms with Gasteiger partial charge in [-0.15, -0.1) is 0 Å². The van der Waals surface area contributed by atoms with Crippen molar-refractivity contribution in [2.24, 2.45) is 17.6 Å². The van der Waals surface area contributed by atoms with Gasteiger partial charge in [0.2, 0.25) is 0 Å². The highest BCUT2D eigenvalue weighted by atomic mass is 19.1. The van der Waals surface area contributed by atoms with E-state index in [1.54, 1.807) is 12.1 Å². The molecule has 4 heteroatoms. The van der Waals surface area contributed by atoms with Gasteiger partial charge in [-0.1, -0.05) is 12.1 Å². The zero-order valence-corrected chi connectivity index (χ0v) is 9.35. The second kappa shape index (κ2) is 4.03. The van der Waals surface area contributed by atoms with Crippen molar-refractivity contribution in [1.82, 2.24) is 0 Å². The lowest BCUT2D eigenvalue weighted by atomic mass is 10.1. The smallest absolute Gasteiger partial charge is 0.123 e. The number of ether oxygens (including phenoxy) is 1. The summed E-state index contributed by atoms with van der Waals surface area (Å²) in [7, 11) is 0. The van der Waals surface area contributed by atoms with Gasteiger partial charge in [-0.25, -0.2) is 8.78 Å². The highest BCUT2D eigenvalue weighted by Crippen LogP contribution is 2.54. The molecule has 2 aliphatic rings. The van der Waals surface area contributed by atoms with Crippen molar-refractivity contribution in [1.29, 1.82) is 0 Å². The summed E-state index contributed by atoms with van der Waals surface area (Å²) in [5.41, 5.74) is 6.83. The van der Waals surface area contributed by atoms with Crippen LogP contribution in [-0.2, 0) is 11.3 Å². The number of halogens is 2. The first kappa shape index (κ1) is 11.1. The van der Waals surface area contributed by atoms with Gasteiger partial charge in [0.1, 0.15) is 12.0 Å². The molecule has 2 fully saturated rings. The zero-order valence-electron chi connectivity index (χ0n) is 9.35. The van der Waals surface area contributed by atoms with Crippen LogP contribution in [-0.4, -0.2) is 18.3 Å². The Labute approximate surface area is 98.8 Å². The number of alkyl halides is 1. The van der Waals surface area contributed by atoms with Crippen molar-refractivity contribution < 1.29 is 13.5 Å². The number of rotatable bonds is 3. The number of fused-ring (bicyclic) bond motifs is 1. The van der Waals surface area contributed by atoms with Gasteiger partial charge in [0, 0.05) is 17.9 Å². The Balaban J connectivity index is 1.54. The van der Waals surface area contributed by atoms with Gasteiger partial charge in [0.05, 0.1) is 12.7 Å². The highest BCUT2D eigenvalue weighted by Gasteiger charge is 2.62. The summed E-state index contributed by atoms with van der Waals surface area (Å²) in [6, 6.07) is 6.00. The molecule has 0 aromatic heterocycles. The normalized spacial score (nSPS) is 39.1. The summed E-state index contributed by atoms with van der Waals surface area (Å²) in [4.78, 5) is 0. The van der Waals surface area contributed by atoms with Crippen LogP contribution in [0, 0.1) is 17.7 Å². The van der Waals surface area contributed by atoms with Crippen molar-refractivity contribution in [3.63, 3.8) is 0 Å². The number of benzene rings is 1. The van der Waals surface area contributed by atoms with E-state index in [0.717, 1.165) is 5.56 Å². The molecule has 2 aliphatic carbocycles. The maximum absolute atomic E-state index is 13.1. The van der Waals surface area contributed by atoms with Crippen LogP contribution in [0.4, 0.5) is 8.78 Å². The predicted octanol–water partition coefficient (Wildman–Crippen LogP) is 2.03. The minimum absolute atomic E-state index is 0.00761. The molecule has 5 atom stereocenters. The lowest BCUT2D eigenvalue weighted by Crippen LogP contribution is -2.36. The van der Waals surface area contributed by atoms with Gasteiger partial charge in [-0.05, 0) is 24.1 Å². The van der Waals surface area contributed by atoms with Gasteiger partial charge in [0.15, 0.2) is 0 Å². The standard InChI is InChI=1S/C13H15F2NO/c14-8-3-1-7(2-4-8)6-17-10-5-9-11(12(9)15)13(10)16/h1-4,9-13H,5-6,16H2/t9-,10-,11+,12-,13+/m1/s1. The fraction of sp³-hybridized carbons (Fsp3) is 0.538. The number of nitrogens with two attached hydrogens (primary N) is 1. The summed E-state index contributed by atoms with van der Waals surface area (Å²) in [5.74, 6) is -0.135. The van der Waals surface area contributed by atoms with Crippen LogP contribution in [0.15, 0.2) is 24.3 Å². The second-order valence-electron chi connectivity index (χ2n) is 4.97. The number of hydrogen-bond acceptors (Lipinski definition) is 2. The van der Waals surface area contributed by atoms with Crippen LogP contribution < -0.4 is 5.73 Å². The fourth-order valence-corrected chi connectivity index (χ4v) is 2.78. The molecular formula is C13H15F2NO. The maximum Gasteiger partial charge on any atom is 0.123 e. The lowest BCUT2D eigenvalue weighted by Gasteiger charge is -2.20. The molecule has 2 saturated carbocycles. The third-order valence-electron chi connectivity index (χ3n) is 3.89. The van der Waals surface area contributed by atoms with Gasteiger partial charge >= 0.3 is 0 Å². The SMILES string of the molecule is N[C@@H]1[C@@H]2[C@H](F)[C@@H]2C[C@H]1OCc1ccc(F)cc1. The molecule has 17 heavy (non-hydrogen) atoms. The third kappa shape index (κ3) is 1.96. The van der Waals surface area contributed by atoms with Crippen LogP contribution in [0.25, 0.3) is 0 Å². The first-order valence-electron chi connectivity index (χ1n) is 5.92. The topological polar surface area (TPSA) is 35.2 Å². The Morgan fingerprint density at radius 3 is 2.59 bits per heavy atom. The average molecular weight is 239 g/mol. The van der Waals surface area contributed by atoms with Crippen LogP contribution in [0.5, 0.6) is 0 Å². The molecule has 0 radical (unpaired) electrons. The molecule has 0 saturated heterocycles. The minimum Gasteiger partial charge on any atom is -0.372 e. The van der Waals surface area contributed by atoms with E-state index < -0.39 is 6.17 Å². The lowest BCUT2D eigenvalue weighted by molar-refractivity contribution is 0.0214. The van der Waals surface area contributed by atoms with Gasteiger partial charge in [-0.3, -0.25) is 0 Å². The first-order valence-corrected chi connectivity index (χ1v) is 5.92. The van der Waals surface area contributed by atoms with Gasteiger partial charge < -0.3 is 10.5 Å². The summed E-state index contributed by atoms with van der Waals surface area (Å²) in [6.45, 7) is 0.412. The average Bonchev–Trinajstić information content (AvgIpc) is 2.81. The minimum atomic E-state index is -0.712. The van der Waals surface area contributed by atoms with Crippen molar-refractivity contribution >= 4 is 0 Å². The predicted molar refractivity (Wildman–Crippen MR) is 59.4 cm³/mol. The summed E-state index contributed by atoms with van der Waals surface area (Å²) >= 11 is 0. The molecule has 0 amide bonds. The molecule has 0 unspecified atom stereocenters. The van der Waals surface area contributed by atoms with E-state index in [-0.39, 0.29) is 29.8 Å². The molecule has 1 aromatic carbocycles. The number of hydrogen-bond donors (Lipinski definition) is 1. The van der Waals surface area contributed by atoms with Crippen molar-refractivity contribution in [3.05, 3.63) is 35.6 Å². The van der Waals surface area contributed by atoms with Gasteiger partial charge in [-0.2, -0.15) is 0 Å². The van der Waals surface area contributed by atoms with Crippen LogP contribution in [0.1, 0.15) is 12.0 Å². The molecule has 2 nitrogen and oxygen atoms in total. The molecule has 1 aromatic rings. The van der Waals surface area contributed by atoms with Crippen LogP contribution in [0.3, 0.4) is 0 Å². The zero-order chi connectivity index (χ0) is 12.0. The van der Waals surface area contributed by atoms with Crippen molar-refractivity contribution in [3.8, 4) is 0 Å². The maximum atomic E-state index is 13.1. The fourth-order valence-electron chi connectivity index (χ4n) is 2.78. The molecular weight excluding hydrogens is 224 g/mol. The van der Waals surface area contributed by atoms with E-state index in [9.17, 15) is 8.78 Å². The Bertz CT molecular complexity index is 408. The molecule has 0 spiro atoms. The van der Waals surface area contributed by atoms with Crippen molar-refractivity contribution in [2.75, 3.05) is 0 Å². The van der Waals surface area contributed by atoms with E-state index in [1.807, 2.05) is 0 Å². The Morgan fingerprint density at radius 1 is 1.29 bits per heavy atom. The molecule has 0 aliphatic heterocycles. The molecule has 2 N–H and O–H groups in total. The summed E-state index contributed by atoms with van der Waals surface area (Å²) < 4.78 is 31.4. The molecule has 0 heterocycles. The Kier molecular flexibility index (Phi) is 2.64. The van der Waals surface area contributed by atoms with Crippen molar-refractivity contribution in [2.45, 2.75) is 31.3 Å². The summed E-state index contributed by atoms with van der Waals surface area (Å²) in [6.07, 6.45) is -0.0495. The van der Waals surface area contributed by atoms with E-state index in [1.165, 1.54) is 12.1 Å².